The molecule has 1 saturated carbocycles. The fraction of sp³-hybridized carbons (Fsp3) is 0.417. The first-order valence-corrected chi connectivity index (χ1v) is 10.6. The van der Waals surface area contributed by atoms with E-state index in [2.05, 4.69) is 0 Å². The Morgan fingerprint density at radius 2 is 1.90 bits per heavy atom. The first-order chi connectivity index (χ1) is 14.7. The Hall–Kier alpha value is -2.86. The molecule has 1 saturated heterocycles. The van der Waals surface area contributed by atoms with Crippen molar-refractivity contribution in [3.05, 3.63) is 66.1 Å². The summed E-state index contributed by atoms with van der Waals surface area (Å²) in [7, 11) is 0. The molecule has 1 aliphatic carbocycles. The summed E-state index contributed by atoms with van der Waals surface area (Å²) in [4.78, 5) is 29.5. The van der Waals surface area contributed by atoms with Gasteiger partial charge in [0.05, 0.1) is 18.9 Å². The van der Waals surface area contributed by atoms with Gasteiger partial charge in [-0.1, -0.05) is 30.3 Å². The fourth-order valence-electron chi connectivity index (χ4n) is 3.73. The molecule has 2 fully saturated rings. The number of hydrogen-bond acceptors (Lipinski definition) is 4. The van der Waals surface area contributed by atoms with Crippen molar-refractivity contribution in [2.75, 3.05) is 19.7 Å². The van der Waals surface area contributed by atoms with Crippen molar-refractivity contribution >= 4 is 17.9 Å². The van der Waals surface area contributed by atoms with Gasteiger partial charge in [-0.3, -0.25) is 9.59 Å². The van der Waals surface area contributed by atoms with Crippen molar-refractivity contribution in [1.82, 2.24) is 9.80 Å². The number of benzene rings is 1. The highest BCUT2D eigenvalue weighted by Crippen LogP contribution is 2.27. The van der Waals surface area contributed by atoms with Crippen LogP contribution in [-0.4, -0.2) is 53.5 Å². The van der Waals surface area contributed by atoms with E-state index in [1.165, 1.54) is 0 Å². The second kappa shape index (κ2) is 9.76. The van der Waals surface area contributed by atoms with Crippen LogP contribution in [0.3, 0.4) is 0 Å². The van der Waals surface area contributed by atoms with E-state index >= 15 is 0 Å². The van der Waals surface area contributed by atoms with Crippen LogP contribution in [0.25, 0.3) is 6.08 Å². The highest BCUT2D eigenvalue weighted by Gasteiger charge is 2.34. The predicted octanol–water partition coefficient (Wildman–Crippen LogP) is 3.49. The Morgan fingerprint density at radius 3 is 2.57 bits per heavy atom. The maximum atomic E-state index is 13.2. The highest BCUT2D eigenvalue weighted by molar-refractivity contribution is 5.94. The summed E-state index contributed by atoms with van der Waals surface area (Å²) in [6.45, 7) is 1.73. The van der Waals surface area contributed by atoms with E-state index in [1.807, 2.05) is 42.5 Å². The Kier molecular flexibility index (Phi) is 6.64. The van der Waals surface area contributed by atoms with Gasteiger partial charge in [-0.15, -0.1) is 0 Å². The summed E-state index contributed by atoms with van der Waals surface area (Å²) >= 11 is 0. The van der Waals surface area contributed by atoms with Crippen molar-refractivity contribution in [2.24, 2.45) is 0 Å². The molecule has 6 heteroatoms. The summed E-state index contributed by atoms with van der Waals surface area (Å²) in [6.07, 6.45) is 8.89. The Balaban J connectivity index is 1.42. The lowest BCUT2D eigenvalue weighted by atomic mass is 10.2. The minimum Gasteiger partial charge on any atom is -0.467 e. The second-order valence-corrected chi connectivity index (χ2v) is 7.93. The zero-order valence-corrected chi connectivity index (χ0v) is 17.1. The first kappa shape index (κ1) is 20.4. The van der Waals surface area contributed by atoms with E-state index < -0.39 is 0 Å². The van der Waals surface area contributed by atoms with Gasteiger partial charge in [0.25, 0.3) is 0 Å². The maximum absolute atomic E-state index is 13.2. The van der Waals surface area contributed by atoms with Gasteiger partial charge in [0.2, 0.25) is 11.8 Å². The molecule has 158 valence electrons. The standard InChI is InChI=1S/C24H28N2O4/c27-23(13-10-19-6-2-1-3-7-19)26(20-11-12-20)18-24(28)25(16-21-8-4-14-29-21)17-22-9-5-15-30-22/h1-4,6-8,10,13-14,20,22H,5,9,11-12,15-18H2/b13-10+/t22-/m0/s1. The summed E-state index contributed by atoms with van der Waals surface area (Å²) in [6, 6.07) is 13.5. The van der Waals surface area contributed by atoms with Crippen LogP contribution in [0.15, 0.2) is 59.2 Å². The third-order valence-electron chi connectivity index (χ3n) is 5.52. The molecule has 0 radical (unpaired) electrons. The van der Waals surface area contributed by atoms with Gasteiger partial charge < -0.3 is 19.0 Å². The van der Waals surface area contributed by atoms with Crippen LogP contribution in [-0.2, 0) is 20.9 Å². The molecule has 0 spiro atoms. The number of rotatable bonds is 9. The van der Waals surface area contributed by atoms with E-state index in [0.717, 1.165) is 43.6 Å². The largest absolute Gasteiger partial charge is 0.467 e. The average molecular weight is 408 g/mol. The molecule has 2 aliphatic rings. The molecule has 1 aromatic heterocycles. The monoisotopic (exact) mass is 408 g/mol. The smallest absolute Gasteiger partial charge is 0.247 e. The normalized spacial score (nSPS) is 18.6. The van der Waals surface area contributed by atoms with E-state index in [4.69, 9.17) is 9.15 Å². The molecule has 0 bridgehead atoms. The van der Waals surface area contributed by atoms with Crippen LogP contribution in [0.5, 0.6) is 0 Å². The molecule has 0 unspecified atom stereocenters. The molecular weight excluding hydrogens is 380 g/mol. The van der Waals surface area contributed by atoms with Crippen LogP contribution in [0.2, 0.25) is 0 Å². The molecular formula is C24H28N2O4. The van der Waals surface area contributed by atoms with Gasteiger partial charge in [0.15, 0.2) is 0 Å². The zero-order chi connectivity index (χ0) is 20.8. The number of amides is 2. The molecule has 1 atom stereocenters. The minimum atomic E-state index is -0.121. The molecule has 1 aliphatic heterocycles. The lowest BCUT2D eigenvalue weighted by Crippen LogP contribution is -2.45. The molecule has 6 nitrogen and oxygen atoms in total. The number of hydrogen-bond donors (Lipinski definition) is 0. The molecule has 30 heavy (non-hydrogen) atoms. The number of furan rings is 1. The average Bonchev–Trinajstić information content (AvgIpc) is 3.22. The Bertz CT molecular complexity index is 853. The Morgan fingerprint density at radius 1 is 1.07 bits per heavy atom. The third kappa shape index (κ3) is 5.60. The van der Waals surface area contributed by atoms with Gasteiger partial charge >= 0.3 is 0 Å². The number of ether oxygens (including phenoxy) is 1. The third-order valence-corrected chi connectivity index (χ3v) is 5.52. The number of carbonyl (C=O) groups is 2. The van der Waals surface area contributed by atoms with Gasteiger partial charge in [0.1, 0.15) is 12.3 Å². The van der Waals surface area contributed by atoms with Crippen LogP contribution in [0.4, 0.5) is 0 Å². The summed E-state index contributed by atoms with van der Waals surface area (Å²) in [5.74, 6) is 0.537. The van der Waals surface area contributed by atoms with Crippen LogP contribution in [0.1, 0.15) is 37.0 Å². The van der Waals surface area contributed by atoms with Crippen LogP contribution >= 0.6 is 0 Å². The van der Waals surface area contributed by atoms with Crippen LogP contribution in [0, 0.1) is 0 Å². The number of nitrogens with zero attached hydrogens (tertiary/aromatic N) is 2. The highest BCUT2D eigenvalue weighted by atomic mass is 16.5. The summed E-state index contributed by atoms with van der Waals surface area (Å²) in [5, 5.41) is 0. The minimum absolute atomic E-state index is 0.0481. The van der Waals surface area contributed by atoms with Gasteiger partial charge in [-0.2, -0.15) is 0 Å². The zero-order valence-electron chi connectivity index (χ0n) is 17.1. The van der Waals surface area contributed by atoms with E-state index in [1.54, 1.807) is 28.2 Å². The molecule has 4 rings (SSSR count). The van der Waals surface area contributed by atoms with Crippen molar-refractivity contribution in [3.63, 3.8) is 0 Å². The number of carbonyl (C=O) groups excluding carboxylic acids is 2. The Labute approximate surface area is 177 Å². The molecule has 0 N–H and O–H groups in total. The van der Waals surface area contributed by atoms with Crippen LogP contribution < -0.4 is 0 Å². The van der Waals surface area contributed by atoms with Crippen molar-refractivity contribution in [2.45, 2.75) is 44.4 Å². The van der Waals surface area contributed by atoms with Gasteiger partial charge in [-0.05, 0) is 49.5 Å². The van der Waals surface area contributed by atoms with Crippen molar-refractivity contribution in [3.8, 4) is 0 Å². The molecule has 1 aromatic carbocycles. The van der Waals surface area contributed by atoms with E-state index in [9.17, 15) is 9.59 Å². The lowest BCUT2D eigenvalue weighted by molar-refractivity contribution is -0.140. The topological polar surface area (TPSA) is 63.0 Å². The van der Waals surface area contributed by atoms with E-state index in [0.29, 0.717) is 13.1 Å². The first-order valence-electron chi connectivity index (χ1n) is 10.6. The fourth-order valence-corrected chi connectivity index (χ4v) is 3.73. The van der Waals surface area contributed by atoms with Crippen molar-refractivity contribution in [1.29, 1.82) is 0 Å². The second-order valence-electron chi connectivity index (χ2n) is 7.93. The van der Waals surface area contributed by atoms with E-state index in [-0.39, 0.29) is 30.5 Å². The maximum Gasteiger partial charge on any atom is 0.247 e. The predicted molar refractivity (Wildman–Crippen MR) is 113 cm³/mol. The SMILES string of the molecule is O=C(CN(C(=O)/C=C/c1ccccc1)C1CC1)N(Cc1ccco1)C[C@@H]1CCCO1. The lowest BCUT2D eigenvalue weighted by Gasteiger charge is -2.28. The summed E-state index contributed by atoms with van der Waals surface area (Å²) < 4.78 is 11.2. The summed E-state index contributed by atoms with van der Waals surface area (Å²) in [5.41, 5.74) is 0.964. The molecule has 2 aromatic rings. The molecule has 2 heterocycles. The molecule has 2 amide bonds. The quantitative estimate of drug-likeness (QED) is 0.596. The van der Waals surface area contributed by atoms with Gasteiger partial charge in [-0.25, -0.2) is 0 Å². The van der Waals surface area contributed by atoms with Gasteiger partial charge in [0, 0.05) is 25.3 Å². The van der Waals surface area contributed by atoms with Crippen molar-refractivity contribution < 1.29 is 18.7 Å².